The third kappa shape index (κ3) is 1.28. The van der Waals surface area contributed by atoms with Crippen LogP contribution in [0.2, 0.25) is 0 Å². The normalized spacial score (nSPS) is 43.9. The standard InChI is InChI=1S/C8H16N2O/c11-10-8-5-1-3-7(9-8)4-2-6-8/h7,9-11H,1-6H2. The van der Waals surface area contributed by atoms with Crippen molar-refractivity contribution in [3.05, 3.63) is 0 Å². The lowest BCUT2D eigenvalue weighted by Crippen LogP contribution is -2.63. The Morgan fingerprint density at radius 3 is 2.36 bits per heavy atom. The molecule has 3 heteroatoms. The summed E-state index contributed by atoms with van der Waals surface area (Å²) in [5, 5.41) is 12.4. The fourth-order valence-corrected chi connectivity index (χ4v) is 2.39. The van der Waals surface area contributed by atoms with Crippen LogP contribution >= 0.6 is 0 Å². The van der Waals surface area contributed by atoms with Gasteiger partial charge in [0.05, 0.1) is 5.66 Å². The fourth-order valence-electron chi connectivity index (χ4n) is 2.39. The van der Waals surface area contributed by atoms with Gasteiger partial charge in [-0.1, -0.05) is 0 Å². The Labute approximate surface area is 67.1 Å². The van der Waals surface area contributed by atoms with Crippen molar-refractivity contribution in [1.82, 2.24) is 10.8 Å². The number of hydroxylamine groups is 1. The van der Waals surface area contributed by atoms with Gasteiger partial charge in [-0.2, -0.15) is 5.48 Å². The predicted octanol–water partition coefficient (Wildman–Crippen LogP) is 0.988. The molecule has 0 unspecified atom stereocenters. The molecule has 3 nitrogen and oxygen atoms in total. The van der Waals surface area contributed by atoms with Gasteiger partial charge in [0.15, 0.2) is 0 Å². The van der Waals surface area contributed by atoms with E-state index in [2.05, 4.69) is 10.8 Å². The van der Waals surface area contributed by atoms with Crippen LogP contribution in [0.25, 0.3) is 0 Å². The van der Waals surface area contributed by atoms with Crippen LogP contribution in [0, 0.1) is 0 Å². The number of hydrogen-bond acceptors (Lipinski definition) is 3. The molecule has 2 fully saturated rings. The van der Waals surface area contributed by atoms with E-state index in [4.69, 9.17) is 5.21 Å². The molecule has 3 N–H and O–H groups in total. The van der Waals surface area contributed by atoms with E-state index >= 15 is 0 Å². The maximum absolute atomic E-state index is 8.98. The molecule has 0 atom stereocenters. The molecule has 11 heavy (non-hydrogen) atoms. The number of piperidine rings is 2. The third-order valence-corrected chi connectivity index (χ3v) is 3.01. The van der Waals surface area contributed by atoms with Crippen LogP contribution < -0.4 is 10.8 Å². The molecule has 0 aromatic carbocycles. The van der Waals surface area contributed by atoms with Gasteiger partial charge < -0.3 is 5.21 Å². The van der Waals surface area contributed by atoms with Crippen LogP contribution in [-0.4, -0.2) is 16.9 Å². The highest BCUT2D eigenvalue weighted by Crippen LogP contribution is 2.31. The smallest absolute Gasteiger partial charge is 0.0921 e. The summed E-state index contributed by atoms with van der Waals surface area (Å²) in [6, 6.07) is 0.650. The second-order valence-electron chi connectivity index (χ2n) is 3.82. The van der Waals surface area contributed by atoms with E-state index in [-0.39, 0.29) is 5.66 Å². The molecule has 0 aromatic heterocycles. The Kier molecular flexibility index (Phi) is 1.87. The van der Waals surface area contributed by atoms with E-state index in [0.29, 0.717) is 6.04 Å². The van der Waals surface area contributed by atoms with Gasteiger partial charge in [-0.05, 0) is 38.5 Å². The number of hydrogen-bond donors (Lipinski definition) is 3. The van der Waals surface area contributed by atoms with Crippen molar-refractivity contribution in [1.29, 1.82) is 0 Å². The molecule has 2 aliphatic heterocycles. The van der Waals surface area contributed by atoms with Crippen molar-refractivity contribution in [3.8, 4) is 0 Å². The van der Waals surface area contributed by atoms with E-state index in [9.17, 15) is 0 Å². The molecule has 2 rings (SSSR count). The average molecular weight is 156 g/mol. The van der Waals surface area contributed by atoms with E-state index in [1.807, 2.05) is 0 Å². The third-order valence-electron chi connectivity index (χ3n) is 3.01. The van der Waals surface area contributed by atoms with Crippen molar-refractivity contribution in [2.75, 3.05) is 0 Å². The summed E-state index contributed by atoms with van der Waals surface area (Å²) >= 11 is 0. The minimum atomic E-state index is -0.124. The quantitative estimate of drug-likeness (QED) is 0.496. The van der Waals surface area contributed by atoms with Crippen molar-refractivity contribution >= 4 is 0 Å². The molecule has 2 bridgehead atoms. The average Bonchev–Trinajstić information content (AvgIpc) is 2.05. The molecule has 0 aromatic rings. The molecule has 0 radical (unpaired) electrons. The van der Waals surface area contributed by atoms with Crippen LogP contribution in [0.4, 0.5) is 0 Å². The molecule has 2 heterocycles. The minimum absolute atomic E-state index is 0.124. The molecule has 2 aliphatic rings. The van der Waals surface area contributed by atoms with E-state index in [1.165, 1.54) is 25.7 Å². The monoisotopic (exact) mass is 156 g/mol. The van der Waals surface area contributed by atoms with Gasteiger partial charge in [-0.15, -0.1) is 0 Å². The van der Waals surface area contributed by atoms with Crippen molar-refractivity contribution in [2.45, 2.75) is 50.2 Å². The predicted molar refractivity (Wildman–Crippen MR) is 42.3 cm³/mol. The van der Waals surface area contributed by atoms with Crippen LogP contribution in [0.15, 0.2) is 0 Å². The number of fused-ring (bicyclic) bond motifs is 2. The minimum Gasteiger partial charge on any atom is -0.315 e. The van der Waals surface area contributed by atoms with Gasteiger partial charge in [-0.25, -0.2) is 0 Å². The molecule has 0 aliphatic carbocycles. The van der Waals surface area contributed by atoms with E-state index < -0.39 is 0 Å². The summed E-state index contributed by atoms with van der Waals surface area (Å²) in [5.74, 6) is 0. The molecule has 0 spiro atoms. The maximum atomic E-state index is 8.98. The van der Waals surface area contributed by atoms with Crippen molar-refractivity contribution in [2.24, 2.45) is 0 Å². The Morgan fingerprint density at radius 2 is 1.91 bits per heavy atom. The Balaban J connectivity index is 2.07. The summed E-state index contributed by atoms with van der Waals surface area (Å²) in [6.07, 6.45) is 7.18. The zero-order chi connectivity index (χ0) is 7.73. The second kappa shape index (κ2) is 2.73. The summed E-state index contributed by atoms with van der Waals surface area (Å²) in [5.41, 5.74) is 2.31. The molecule has 0 amide bonds. The van der Waals surface area contributed by atoms with Gasteiger partial charge in [0.1, 0.15) is 0 Å². The summed E-state index contributed by atoms with van der Waals surface area (Å²) in [4.78, 5) is 0. The lowest BCUT2D eigenvalue weighted by atomic mass is 9.83. The lowest BCUT2D eigenvalue weighted by Gasteiger charge is -2.45. The number of rotatable bonds is 1. The van der Waals surface area contributed by atoms with Gasteiger partial charge in [0, 0.05) is 6.04 Å². The van der Waals surface area contributed by atoms with E-state index in [0.717, 1.165) is 12.8 Å². The highest BCUT2D eigenvalue weighted by atomic mass is 16.5. The largest absolute Gasteiger partial charge is 0.315 e. The first-order valence-corrected chi connectivity index (χ1v) is 4.54. The van der Waals surface area contributed by atoms with Gasteiger partial charge in [-0.3, -0.25) is 5.32 Å². The first-order chi connectivity index (χ1) is 5.35. The Morgan fingerprint density at radius 1 is 1.27 bits per heavy atom. The Hall–Kier alpha value is -0.120. The first kappa shape index (κ1) is 7.53. The number of nitrogens with one attached hydrogen (secondary N) is 2. The van der Waals surface area contributed by atoms with Gasteiger partial charge in [0.2, 0.25) is 0 Å². The second-order valence-corrected chi connectivity index (χ2v) is 3.82. The zero-order valence-electron chi connectivity index (χ0n) is 6.77. The topological polar surface area (TPSA) is 44.3 Å². The highest BCUT2D eigenvalue weighted by Gasteiger charge is 2.37. The maximum Gasteiger partial charge on any atom is 0.0921 e. The van der Waals surface area contributed by atoms with Crippen LogP contribution in [0.1, 0.15) is 38.5 Å². The Bertz CT molecular complexity index is 139. The van der Waals surface area contributed by atoms with Gasteiger partial charge in [0.25, 0.3) is 0 Å². The molecule has 2 saturated heterocycles. The van der Waals surface area contributed by atoms with Crippen LogP contribution in [-0.2, 0) is 0 Å². The van der Waals surface area contributed by atoms with Crippen LogP contribution in [0.5, 0.6) is 0 Å². The van der Waals surface area contributed by atoms with E-state index in [1.54, 1.807) is 0 Å². The molecular weight excluding hydrogens is 140 g/mol. The molecular formula is C8H16N2O. The van der Waals surface area contributed by atoms with Crippen molar-refractivity contribution in [3.63, 3.8) is 0 Å². The first-order valence-electron chi connectivity index (χ1n) is 4.54. The summed E-state index contributed by atoms with van der Waals surface area (Å²) < 4.78 is 0. The van der Waals surface area contributed by atoms with Gasteiger partial charge >= 0.3 is 0 Å². The highest BCUT2D eigenvalue weighted by molar-refractivity contribution is 4.94. The lowest BCUT2D eigenvalue weighted by molar-refractivity contribution is -0.0149. The zero-order valence-corrected chi connectivity index (χ0v) is 6.77. The molecule has 0 saturated carbocycles. The van der Waals surface area contributed by atoms with Crippen molar-refractivity contribution < 1.29 is 5.21 Å². The summed E-state index contributed by atoms with van der Waals surface area (Å²) in [7, 11) is 0. The van der Waals surface area contributed by atoms with Crippen LogP contribution in [0.3, 0.4) is 0 Å². The summed E-state index contributed by atoms with van der Waals surface area (Å²) in [6.45, 7) is 0. The fraction of sp³-hybridized carbons (Fsp3) is 1.00. The SMILES string of the molecule is ONC12CCCC(CCC1)N2. The molecule has 64 valence electrons.